The second-order valence-electron chi connectivity index (χ2n) is 13.7. The number of benzene rings is 9. The first-order valence-corrected chi connectivity index (χ1v) is 19.2. The van der Waals surface area contributed by atoms with Gasteiger partial charge >= 0.3 is 0 Å². The Hall–Kier alpha value is -6.74. The van der Waals surface area contributed by atoms with Crippen LogP contribution in [0.2, 0.25) is 0 Å². The van der Waals surface area contributed by atoms with Crippen molar-refractivity contribution in [2.75, 3.05) is 4.90 Å². The molecule has 254 valence electrons. The van der Waals surface area contributed by atoms with Crippen molar-refractivity contribution >= 4 is 59.3 Å². The van der Waals surface area contributed by atoms with Gasteiger partial charge in [0.15, 0.2) is 0 Å². The number of thiophene rings is 1. The number of nitrogens with zero attached hydrogens (tertiary/aromatic N) is 1. The zero-order chi connectivity index (χ0) is 35.8. The molecule has 1 heterocycles. The summed E-state index contributed by atoms with van der Waals surface area (Å²) in [6.45, 7) is 0. The minimum atomic E-state index is 1.11. The van der Waals surface area contributed by atoms with Crippen LogP contribution in [0.25, 0.3) is 75.5 Å². The number of fused-ring (bicyclic) bond motifs is 4. The molecule has 10 rings (SSSR count). The molecule has 1 aromatic heterocycles. The quantitative estimate of drug-likeness (QED) is 0.160. The molecule has 9 aromatic carbocycles. The molecule has 0 aliphatic heterocycles. The summed E-state index contributed by atoms with van der Waals surface area (Å²) in [6, 6.07) is 76.9. The summed E-state index contributed by atoms with van der Waals surface area (Å²) in [7, 11) is 0. The SMILES string of the molecule is c1ccc(-c2ccc(N(c3ccc(-c4cccc5ccccc45)cc3)c3ccc(-c4cccc5c4sc4c(-c6ccccc6)cccc45)cc3)cc2)cc1. The predicted octanol–water partition coefficient (Wildman–Crippen LogP) is 15.3. The van der Waals surface area contributed by atoms with Gasteiger partial charge in [-0.15, -0.1) is 11.3 Å². The van der Waals surface area contributed by atoms with E-state index in [1.54, 1.807) is 0 Å². The molecule has 0 saturated heterocycles. The lowest BCUT2D eigenvalue weighted by Crippen LogP contribution is -2.09. The van der Waals surface area contributed by atoms with E-state index in [1.165, 1.54) is 75.5 Å². The van der Waals surface area contributed by atoms with E-state index >= 15 is 0 Å². The maximum atomic E-state index is 2.36. The van der Waals surface area contributed by atoms with E-state index in [0.717, 1.165) is 17.1 Å². The molecule has 0 bridgehead atoms. The number of hydrogen-bond donors (Lipinski definition) is 0. The molecule has 0 amide bonds. The fraction of sp³-hybridized carbons (Fsp3) is 0. The van der Waals surface area contributed by atoms with Gasteiger partial charge in [-0.2, -0.15) is 0 Å². The van der Waals surface area contributed by atoms with Crippen LogP contribution in [0.1, 0.15) is 0 Å². The third-order valence-corrected chi connectivity index (χ3v) is 11.8. The predicted molar refractivity (Wildman–Crippen MR) is 233 cm³/mol. The minimum absolute atomic E-state index is 1.11. The van der Waals surface area contributed by atoms with Crippen LogP contribution in [-0.4, -0.2) is 0 Å². The van der Waals surface area contributed by atoms with Crippen molar-refractivity contribution in [1.29, 1.82) is 0 Å². The number of rotatable bonds is 7. The molecule has 0 spiro atoms. The molecular weight excluding hydrogens is 671 g/mol. The monoisotopic (exact) mass is 705 g/mol. The minimum Gasteiger partial charge on any atom is -0.311 e. The van der Waals surface area contributed by atoms with Gasteiger partial charge in [0, 0.05) is 37.2 Å². The van der Waals surface area contributed by atoms with Crippen molar-refractivity contribution in [3.63, 3.8) is 0 Å². The van der Waals surface area contributed by atoms with Crippen LogP contribution in [0.15, 0.2) is 212 Å². The van der Waals surface area contributed by atoms with Gasteiger partial charge in [0.05, 0.1) is 0 Å². The summed E-state index contributed by atoms with van der Waals surface area (Å²) in [4.78, 5) is 2.36. The Kier molecular flexibility index (Phi) is 8.09. The van der Waals surface area contributed by atoms with E-state index in [2.05, 4.69) is 217 Å². The second-order valence-corrected chi connectivity index (χ2v) is 14.7. The molecule has 2 heteroatoms. The Balaban J connectivity index is 1.05. The first-order chi connectivity index (χ1) is 26.8. The summed E-state index contributed by atoms with van der Waals surface area (Å²) in [5.74, 6) is 0. The molecule has 0 fully saturated rings. The van der Waals surface area contributed by atoms with Crippen LogP contribution >= 0.6 is 11.3 Å². The smallest absolute Gasteiger partial charge is 0.0462 e. The number of hydrogen-bond acceptors (Lipinski definition) is 2. The average molecular weight is 706 g/mol. The fourth-order valence-electron chi connectivity index (χ4n) is 7.83. The highest BCUT2D eigenvalue weighted by Gasteiger charge is 2.17. The van der Waals surface area contributed by atoms with Gasteiger partial charge in [0.2, 0.25) is 0 Å². The third-order valence-electron chi connectivity index (χ3n) is 10.5. The Morgan fingerprint density at radius 3 is 1.20 bits per heavy atom. The molecule has 0 unspecified atom stereocenters. The molecule has 1 nitrogen and oxygen atoms in total. The molecule has 10 aromatic rings. The van der Waals surface area contributed by atoms with Gasteiger partial charge < -0.3 is 4.90 Å². The van der Waals surface area contributed by atoms with Crippen LogP contribution in [0.5, 0.6) is 0 Å². The Morgan fingerprint density at radius 1 is 0.259 bits per heavy atom. The van der Waals surface area contributed by atoms with E-state index in [-0.39, 0.29) is 0 Å². The van der Waals surface area contributed by atoms with Gasteiger partial charge in [0.25, 0.3) is 0 Å². The van der Waals surface area contributed by atoms with Gasteiger partial charge in [0.1, 0.15) is 0 Å². The molecule has 0 radical (unpaired) electrons. The zero-order valence-electron chi connectivity index (χ0n) is 29.6. The highest BCUT2D eigenvalue weighted by molar-refractivity contribution is 7.26. The Morgan fingerprint density at radius 2 is 0.630 bits per heavy atom. The van der Waals surface area contributed by atoms with Crippen LogP contribution in [0, 0.1) is 0 Å². The standard InChI is InChI=1S/C52H35NS/c1-3-12-36(13-4-1)37-24-30-42(31-25-37)53(43-32-26-40(27-33-43)46-19-9-17-38-16-7-8-18-45(38)46)44-34-28-41(29-35-44)48-21-11-23-50-49-22-10-20-47(51(49)54-52(48)50)39-14-5-2-6-15-39/h1-35H. The lowest BCUT2D eigenvalue weighted by molar-refractivity contribution is 1.28. The summed E-state index contributed by atoms with van der Waals surface area (Å²) >= 11 is 1.90. The molecule has 0 saturated carbocycles. The highest BCUT2D eigenvalue weighted by Crippen LogP contribution is 2.45. The van der Waals surface area contributed by atoms with Crippen LogP contribution in [0.4, 0.5) is 17.1 Å². The van der Waals surface area contributed by atoms with Crippen LogP contribution < -0.4 is 4.90 Å². The van der Waals surface area contributed by atoms with Gasteiger partial charge in [-0.05, 0) is 91.7 Å². The molecular formula is C52H35NS. The number of anilines is 3. The lowest BCUT2D eigenvalue weighted by atomic mass is 9.98. The van der Waals surface area contributed by atoms with Gasteiger partial charge in [-0.3, -0.25) is 0 Å². The Bertz CT molecular complexity index is 2880. The molecule has 0 aliphatic carbocycles. The summed E-state index contributed by atoms with van der Waals surface area (Å²) < 4.78 is 2.65. The topological polar surface area (TPSA) is 3.24 Å². The van der Waals surface area contributed by atoms with Crippen molar-refractivity contribution < 1.29 is 0 Å². The lowest BCUT2D eigenvalue weighted by Gasteiger charge is -2.26. The van der Waals surface area contributed by atoms with Crippen LogP contribution in [-0.2, 0) is 0 Å². The average Bonchev–Trinajstić information content (AvgIpc) is 3.64. The van der Waals surface area contributed by atoms with E-state index in [0.29, 0.717) is 0 Å². The van der Waals surface area contributed by atoms with Crippen LogP contribution in [0.3, 0.4) is 0 Å². The van der Waals surface area contributed by atoms with Crippen molar-refractivity contribution in [2.24, 2.45) is 0 Å². The van der Waals surface area contributed by atoms with E-state index < -0.39 is 0 Å². The van der Waals surface area contributed by atoms with Crippen molar-refractivity contribution in [1.82, 2.24) is 0 Å². The summed E-state index contributed by atoms with van der Waals surface area (Å²) in [6.07, 6.45) is 0. The summed E-state index contributed by atoms with van der Waals surface area (Å²) in [5, 5.41) is 5.14. The zero-order valence-corrected chi connectivity index (χ0v) is 30.4. The third kappa shape index (κ3) is 5.74. The fourth-order valence-corrected chi connectivity index (χ4v) is 9.20. The Labute approximate surface area is 319 Å². The van der Waals surface area contributed by atoms with Crippen molar-refractivity contribution in [2.45, 2.75) is 0 Å². The van der Waals surface area contributed by atoms with E-state index in [9.17, 15) is 0 Å². The first kappa shape index (κ1) is 32.0. The highest BCUT2D eigenvalue weighted by atomic mass is 32.1. The second kappa shape index (κ2) is 13.7. The van der Waals surface area contributed by atoms with Gasteiger partial charge in [-0.25, -0.2) is 0 Å². The maximum Gasteiger partial charge on any atom is 0.0462 e. The maximum absolute atomic E-state index is 2.36. The molecule has 0 N–H and O–H groups in total. The van der Waals surface area contributed by atoms with Crippen molar-refractivity contribution in [3.05, 3.63) is 212 Å². The summed E-state index contributed by atoms with van der Waals surface area (Å²) in [5.41, 5.74) is 13.2. The normalized spacial score (nSPS) is 11.3. The van der Waals surface area contributed by atoms with E-state index in [4.69, 9.17) is 0 Å². The van der Waals surface area contributed by atoms with Crippen molar-refractivity contribution in [3.8, 4) is 44.5 Å². The molecule has 0 aliphatic rings. The first-order valence-electron chi connectivity index (χ1n) is 18.4. The molecule has 54 heavy (non-hydrogen) atoms. The molecule has 0 atom stereocenters. The van der Waals surface area contributed by atoms with E-state index in [1.807, 2.05) is 11.3 Å². The largest absolute Gasteiger partial charge is 0.311 e. The van der Waals surface area contributed by atoms with Gasteiger partial charge in [-0.1, -0.05) is 176 Å².